The van der Waals surface area contributed by atoms with Crippen molar-refractivity contribution < 1.29 is 0 Å². The molecule has 2 aromatic rings. The van der Waals surface area contributed by atoms with Gasteiger partial charge in [-0.15, -0.1) is 0 Å². The zero-order valence-corrected chi connectivity index (χ0v) is 11.6. The quantitative estimate of drug-likeness (QED) is 0.861. The summed E-state index contributed by atoms with van der Waals surface area (Å²) in [6.07, 6.45) is 2.11. The first kappa shape index (κ1) is 13.2. The number of halogens is 1. The highest BCUT2D eigenvalue weighted by Crippen LogP contribution is 2.17. The highest BCUT2D eigenvalue weighted by Gasteiger charge is 2.06. The maximum absolute atomic E-state index is 6.00. The van der Waals surface area contributed by atoms with Gasteiger partial charge in [-0.25, -0.2) is 0 Å². The molecule has 0 aliphatic heterocycles. The van der Waals surface area contributed by atoms with Crippen molar-refractivity contribution in [1.82, 2.24) is 9.88 Å². The molecular formula is C15H19ClN2. The first-order chi connectivity index (χ1) is 8.70. The first-order valence-corrected chi connectivity index (χ1v) is 6.71. The molecule has 18 heavy (non-hydrogen) atoms. The highest BCUT2D eigenvalue weighted by molar-refractivity contribution is 6.30. The summed E-state index contributed by atoms with van der Waals surface area (Å²) < 4.78 is 2.25. The fourth-order valence-electron chi connectivity index (χ4n) is 2.07. The molecule has 0 radical (unpaired) electrons. The van der Waals surface area contributed by atoms with Crippen molar-refractivity contribution in [2.24, 2.45) is 0 Å². The van der Waals surface area contributed by atoms with Crippen molar-refractivity contribution in [1.29, 1.82) is 0 Å². The lowest BCUT2D eigenvalue weighted by atomic mass is 10.1. The summed E-state index contributed by atoms with van der Waals surface area (Å²) in [5, 5.41) is 4.31. The van der Waals surface area contributed by atoms with Crippen molar-refractivity contribution in [2.45, 2.75) is 33.0 Å². The molecular weight excluding hydrogens is 244 g/mol. The molecule has 0 saturated carbocycles. The molecule has 1 unspecified atom stereocenters. The van der Waals surface area contributed by atoms with E-state index < -0.39 is 0 Å². The molecule has 1 heterocycles. The van der Waals surface area contributed by atoms with Crippen LogP contribution in [0.5, 0.6) is 0 Å². The molecule has 1 atom stereocenters. The Morgan fingerprint density at radius 1 is 1.28 bits per heavy atom. The second kappa shape index (κ2) is 6.07. The fraction of sp³-hybridized carbons (Fsp3) is 0.333. The zero-order valence-electron chi connectivity index (χ0n) is 10.9. The maximum Gasteiger partial charge on any atom is 0.0409 e. The summed E-state index contributed by atoms with van der Waals surface area (Å²) in [7, 11) is 0. The Hall–Kier alpha value is -1.25. The molecule has 3 heteroatoms. The van der Waals surface area contributed by atoms with Gasteiger partial charge in [-0.2, -0.15) is 0 Å². The third-order valence-corrected chi connectivity index (χ3v) is 3.44. The van der Waals surface area contributed by atoms with Gasteiger partial charge < -0.3 is 9.88 Å². The van der Waals surface area contributed by atoms with Gasteiger partial charge in [0.1, 0.15) is 0 Å². The van der Waals surface area contributed by atoms with E-state index in [2.05, 4.69) is 48.1 Å². The van der Waals surface area contributed by atoms with E-state index in [0.717, 1.165) is 18.1 Å². The minimum Gasteiger partial charge on any atom is -0.351 e. The number of aromatic nitrogens is 1. The highest BCUT2D eigenvalue weighted by atomic mass is 35.5. The van der Waals surface area contributed by atoms with Gasteiger partial charge in [0, 0.05) is 36.0 Å². The molecule has 0 aliphatic rings. The number of hydrogen-bond donors (Lipinski definition) is 1. The molecule has 0 aliphatic carbocycles. The Kier molecular flexibility index (Phi) is 4.45. The Morgan fingerprint density at radius 3 is 2.83 bits per heavy atom. The van der Waals surface area contributed by atoms with Crippen LogP contribution in [-0.2, 0) is 13.1 Å². The van der Waals surface area contributed by atoms with Crippen molar-refractivity contribution in [3.8, 4) is 0 Å². The van der Waals surface area contributed by atoms with Gasteiger partial charge in [-0.05, 0) is 43.7 Å². The van der Waals surface area contributed by atoms with Crippen molar-refractivity contribution in [3.63, 3.8) is 0 Å². The predicted octanol–water partition coefficient (Wildman–Crippen LogP) is 4.01. The lowest BCUT2D eigenvalue weighted by Gasteiger charge is -2.15. The van der Waals surface area contributed by atoms with Crippen LogP contribution < -0.4 is 5.32 Å². The predicted molar refractivity (Wildman–Crippen MR) is 76.8 cm³/mol. The molecule has 0 saturated heterocycles. The number of hydrogen-bond acceptors (Lipinski definition) is 1. The zero-order chi connectivity index (χ0) is 13.0. The van der Waals surface area contributed by atoms with Crippen LogP contribution in [0, 0.1) is 0 Å². The van der Waals surface area contributed by atoms with Gasteiger partial charge >= 0.3 is 0 Å². The van der Waals surface area contributed by atoms with Crippen LogP contribution in [-0.4, -0.2) is 4.57 Å². The Labute approximate surface area is 114 Å². The van der Waals surface area contributed by atoms with Gasteiger partial charge in [0.05, 0.1) is 0 Å². The molecule has 1 N–H and O–H groups in total. The van der Waals surface area contributed by atoms with Crippen LogP contribution in [0.1, 0.15) is 31.1 Å². The van der Waals surface area contributed by atoms with E-state index in [9.17, 15) is 0 Å². The molecule has 0 amide bonds. The molecule has 2 nitrogen and oxygen atoms in total. The summed E-state index contributed by atoms with van der Waals surface area (Å²) in [5.74, 6) is 0. The minimum atomic E-state index is 0.295. The summed E-state index contributed by atoms with van der Waals surface area (Å²) in [6, 6.07) is 12.5. The van der Waals surface area contributed by atoms with E-state index in [0.29, 0.717) is 6.04 Å². The first-order valence-electron chi connectivity index (χ1n) is 6.33. The van der Waals surface area contributed by atoms with Gasteiger partial charge in [0.2, 0.25) is 0 Å². The number of aryl methyl sites for hydroxylation is 1. The number of nitrogens with zero attached hydrogens (tertiary/aromatic N) is 1. The van der Waals surface area contributed by atoms with E-state index in [1.165, 1.54) is 11.3 Å². The normalized spacial score (nSPS) is 12.6. The van der Waals surface area contributed by atoms with Crippen LogP contribution in [0.2, 0.25) is 5.02 Å². The fourth-order valence-corrected chi connectivity index (χ4v) is 2.27. The third kappa shape index (κ3) is 3.15. The number of benzene rings is 1. The standard InChI is InChI=1S/C15H19ClN2/c1-3-18-9-5-8-15(18)11-17-12(2)13-6-4-7-14(16)10-13/h4-10,12,17H,3,11H2,1-2H3. The summed E-state index contributed by atoms with van der Waals surface area (Å²) in [5.41, 5.74) is 2.53. The largest absolute Gasteiger partial charge is 0.351 e. The molecule has 96 valence electrons. The second-order valence-electron chi connectivity index (χ2n) is 4.44. The van der Waals surface area contributed by atoms with Crippen LogP contribution in [0.4, 0.5) is 0 Å². The van der Waals surface area contributed by atoms with Crippen LogP contribution in [0.3, 0.4) is 0 Å². The monoisotopic (exact) mass is 262 g/mol. The van der Waals surface area contributed by atoms with Gasteiger partial charge in [-0.3, -0.25) is 0 Å². The molecule has 0 fully saturated rings. The topological polar surface area (TPSA) is 17.0 Å². The smallest absolute Gasteiger partial charge is 0.0409 e. The molecule has 0 bridgehead atoms. The average Bonchev–Trinajstić information content (AvgIpc) is 2.83. The van der Waals surface area contributed by atoms with E-state index in [1.807, 2.05) is 18.2 Å². The molecule has 1 aromatic carbocycles. The van der Waals surface area contributed by atoms with Crippen LogP contribution >= 0.6 is 11.6 Å². The SMILES string of the molecule is CCn1cccc1CNC(C)c1cccc(Cl)c1. The van der Waals surface area contributed by atoms with Crippen molar-refractivity contribution >= 4 is 11.6 Å². The van der Waals surface area contributed by atoms with E-state index >= 15 is 0 Å². The molecule has 1 aromatic heterocycles. The van der Waals surface area contributed by atoms with Gasteiger partial charge in [0.15, 0.2) is 0 Å². The van der Waals surface area contributed by atoms with Crippen LogP contribution in [0.15, 0.2) is 42.6 Å². The van der Waals surface area contributed by atoms with E-state index in [1.54, 1.807) is 0 Å². The lowest BCUT2D eigenvalue weighted by molar-refractivity contribution is 0.549. The van der Waals surface area contributed by atoms with Crippen LogP contribution in [0.25, 0.3) is 0 Å². The number of nitrogens with one attached hydrogen (secondary N) is 1. The van der Waals surface area contributed by atoms with Crippen molar-refractivity contribution in [3.05, 3.63) is 58.9 Å². The van der Waals surface area contributed by atoms with Crippen molar-refractivity contribution in [2.75, 3.05) is 0 Å². The number of rotatable bonds is 5. The van der Waals surface area contributed by atoms with E-state index in [-0.39, 0.29) is 0 Å². The Balaban J connectivity index is 1.98. The second-order valence-corrected chi connectivity index (χ2v) is 4.88. The summed E-state index contributed by atoms with van der Waals surface area (Å²) in [6.45, 7) is 6.19. The minimum absolute atomic E-state index is 0.295. The Bertz CT molecular complexity index is 505. The Morgan fingerprint density at radius 2 is 2.11 bits per heavy atom. The molecule has 0 spiro atoms. The lowest BCUT2D eigenvalue weighted by Crippen LogP contribution is -2.19. The van der Waals surface area contributed by atoms with Gasteiger partial charge in [-0.1, -0.05) is 23.7 Å². The third-order valence-electron chi connectivity index (χ3n) is 3.20. The summed E-state index contributed by atoms with van der Waals surface area (Å²) in [4.78, 5) is 0. The molecule has 2 rings (SSSR count). The van der Waals surface area contributed by atoms with Gasteiger partial charge in [0.25, 0.3) is 0 Å². The average molecular weight is 263 g/mol. The maximum atomic E-state index is 6.00. The summed E-state index contributed by atoms with van der Waals surface area (Å²) >= 11 is 6.00. The van der Waals surface area contributed by atoms with E-state index in [4.69, 9.17) is 11.6 Å².